The topological polar surface area (TPSA) is 97.0 Å². The van der Waals surface area contributed by atoms with Crippen LogP contribution in [-0.4, -0.2) is 9.79 Å². The highest BCUT2D eigenvalue weighted by Crippen LogP contribution is 2.38. The fourth-order valence-electron chi connectivity index (χ4n) is 2.07. The maximum absolute atomic E-state index is 12.1. The third-order valence-electron chi connectivity index (χ3n) is 2.98. The second-order valence-corrected chi connectivity index (χ2v) is 5.74. The van der Waals surface area contributed by atoms with E-state index >= 15 is 0 Å². The minimum Gasteiger partial charge on any atom is -0.456 e. The predicted octanol–water partition coefficient (Wildman–Crippen LogP) is 2.93. The average molecular weight is 318 g/mol. The first-order valence-electron chi connectivity index (χ1n) is 6.31. The monoisotopic (exact) mass is 318 g/mol. The first-order chi connectivity index (χ1) is 10.4. The third kappa shape index (κ3) is 3.09. The van der Waals surface area contributed by atoms with Gasteiger partial charge in [-0.05, 0) is 12.1 Å². The molecule has 0 aliphatic heterocycles. The Balaban J connectivity index is 2.15. The Labute approximate surface area is 124 Å². The molecule has 22 heavy (non-hydrogen) atoms. The number of hydrogen-bond donors (Lipinski definition) is 2. The van der Waals surface area contributed by atoms with Gasteiger partial charge in [0.05, 0.1) is 5.39 Å². The van der Waals surface area contributed by atoms with E-state index in [0.717, 1.165) is 5.56 Å². The van der Waals surface area contributed by atoms with E-state index in [1.807, 2.05) is 18.2 Å². The normalized spacial score (nSPS) is 11.5. The smallest absolute Gasteiger partial charge is 0.456 e. The quantitative estimate of drug-likeness (QED) is 0.721. The van der Waals surface area contributed by atoms with E-state index in [1.54, 1.807) is 12.1 Å². The molecule has 0 unspecified atom stereocenters. The lowest BCUT2D eigenvalue weighted by molar-refractivity contribution is 0.283. The molecule has 0 spiro atoms. The molecule has 2 aromatic carbocycles. The van der Waals surface area contributed by atoms with Crippen LogP contribution < -0.4 is 9.95 Å². The molecule has 0 aliphatic carbocycles. The number of phosphoric acid groups is 1. The van der Waals surface area contributed by atoms with E-state index < -0.39 is 7.82 Å². The molecule has 0 radical (unpaired) electrons. The Hall–Kier alpha value is -2.40. The highest BCUT2D eigenvalue weighted by Gasteiger charge is 2.17. The lowest BCUT2D eigenvalue weighted by Gasteiger charge is -2.08. The van der Waals surface area contributed by atoms with E-state index in [1.165, 1.54) is 24.3 Å². The summed E-state index contributed by atoms with van der Waals surface area (Å²) in [4.78, 5) is 29.8. The van der Waals surface area contributed by atoms with Crippen LogP contribution in [0.15, 0.2) is 63.8 Å². The minimum atomic E-state index is -4.67. The fourth-order valence-corrected chi connectivity index (χ4v) is 2.46. The number of fused-ring (bicyclic) bond motifs is 1. The van der Waals surface area contributed by atoms with Gasteiger partial charge in [-0.2, -0.15) is 0 Å². The fraction of sp³-hybridized carbons (Fsp3) is 0. The maximum atomic E-state index is 12.1. The molecule has 0 atom stereocenters. The van der Waals surface area contributed by atoms with Crippen LogP contribution in [0.1, 0.15) is 0 Å². The van der Waals surface area contributed by atoms with Gasteiger partial charge in [-0.25, -0.2) is 4.57 Å². The number of benzene rings is 2. The van der Waals surface area contributed by atoms with Gasteiger partial charge >= 0.3 is 7.82 Å². The van der Waals surface area contributed by atoms with E-state index in [4.69, 9.17) is 14.2 Å². The Morgan fingerprint density at radius 2 is 1.73 bits per heavy atom. The summed E-state index contributed by atoms with van der Waals surface area (Å²) >= 11 is 0. The molecule has 1 aromatic heterocycles. The summed E-state index contributed by atoms with van der Waals surface area (Å²) in [5.74, 6) is 0.292. The van der Waals surface area contributed by atoms with Crippen molar-refractivity contribution in [1.29, 1.82) is 0 Å². The van der Waals surface area contributed by atoms with Crippen molar-refractivity contribution in [2.75, 3.05) is 0 Å². The number of phosphoric ester groups is 1. The Morgan fingerprint density at radius 1 is 1.00 bits per heavy atom. The lowest BCUT2D eigenvalue weighted by atomic mass is 10.1. The molecule has 0 saturated heterocycles. The summed E-state index contributed by atoms with van der Waals surface area (Å²) in [6.07, 6.45) is 0. The first kappa shape index (κ1) is 14.5. The van der Waals surface area contributed by atoms with E-state index in [2.05, 4.69) is 4.52 Å². The van der Waals surface area contributed by atoms with Gasteiger partial charge in [0, 0.05) is 17.7 Å². The molecule has 112 valence electrons. The van der Waals surface area contributed by atoms with Crippen molar-refractivity contribution in [2.24, 2.45) is 0 Å². The van der Waals surface area contributed by atoms with Crippen LogP contribution in [0.25, 0.3) is 22.3 Å². The second-order valence-electron chi connectivity index (χ2n) is 4.58. The van der Waals surface area contributed by atoms with Gasteiger partial charge in [0.1, 0.15) is 17.1 Å². The largest absolute Gasteiger partial charge is 0.524 e. The Kier molecular flexibility index (Phi) is 3.58. The van der Waals surface area contributed by atoms with Crippen LogP contribution in [0, 0.1) is 0 Å². The molecule has 3 aromatic rings. The summed E-state index contributed by atoms with van der Waals surface area (Å²) in [6.45, 7) is 0. The van der Waals surface area contributed by atoms with Crippen molar-refractivity contribution in [3.63, 3.8) is 0 Å². The number of hydrogen-bond acceptors (Lipinski definition) is 4. The molecule has 0 bridgehead atoms. The lowest BCUT2D eigenvalue weighted by Crippen LogP contribution is -2.00. The molecule has 7 heteroatoms. The summed E-state index contributed by atoms with van der Waals surface area (Å²) in [6, 6.07) is 14.4. The molecule has 0 saturated carbocycles. The molecule has 3 rings (SSSR count). The van der Waals surface area contributed by atoms with Gasteiger partial charge in [-0.15, -0.1) is 0 Å². The van der Waals surface area contributed by atoms with Gasteiger partial charge in [0.25, 0.3) is 0 Å². The zero-order chi connectivity index (χ0) is 15.7. The highest BCUT2D eigenvalue weighted by molar-refractivity contribution is 7.46. The average Bonchev–Trinajstić information content (AvgIpc) is 2.46. The molecular formula is C15H11O6P. The van der Waals surface area contributed by atoms with E-state index in [9.17, 15) is 9.36 Å². The predicted molar refractivity (Wildman–Crippen MR) is 80.6 cm³/mol. The van der Waals surface area contributed by atoms with Crippen molar-refractivity contribution in [1.82, 2.24) is 0 Å². The third-order valence-corrected chi connectivity index (χ3v) is 3.43. The zero-order valence-corrected chi connectivity index (χ0v) is 12.1. The van der Waals surface area contributed by atoms with Crippen molar-refractivity contribution < 1.29 is 23.3 Å². The van der Waals surface area contributed by atoms with Crippen LogP contribution in [0.3, 0.4) is 0 Å². The van der Waals surface area contributed by atoms with Crippen molar-refractivity contribution in [3.8, 4) is 17.1 Å². The molecule has 0 amide bonds. The molecule has 1 heterocycles. The summed E-state index contributed by atoms with van der Waals surface area (Å²) in [5, 5.41) is 0.303. The van der Waals surface area contributed by atoms with Gasteiger partial charge < -0.3 is 8.94 Å². The molecule has 0 fully saturated rings. The first-order valence-corrected chi connectivity index (χ1v) is 7.84. The van der Waals surface area contributed by atoms with Crippen molar-refractivity contribution in [3.05, 3.63) is 64.8 Å². The van der Waals surface area contributed by atoms with Gasteiger partial charge in [-0.1, -0.05) is 30.3 Å². The Bertz CT molecular complexity index is 926. The molecule has 6 nitrogen and oxygen atoms in total. The van der Waals surface area contributed by atoms with Crippen LogP contribution >= 0.6 is 7.82 Å². The summed E-state index contributed by atoms with van der Waals surface area (Å²) in [5.41, 5.74) is 0.669. The Morgan fingerprint density at radius 3 is 2.41 bits per heavy atom. The van der Waals surface area contributed by atoms with Gasteiger partial charge in [-0.3, -0.25) is 14.6 Å². The minimum absolute atomic E-state index is 0.0748. The highest BCUT2D eigenvalue weighted by atomic mass is 31.2. The molecular weight excluding hydrogens is 307 g/mol. The number of rotatable bonds is 3. The molecule has 0 aliphatic rings. The van der Waals surface area contributed by atoms with Crippen molar-refractivity contribution in [2.45, 2.75) is 0 Å². The summed E-state index contributed by atoms with van der Waals surface area (Å²) in [7, 11) is -4.67. The maximum Gasteiger partial charge on any atom is 0.524 e. The van der Waals surface area contributed by atoms with Crippen LogP contribution in [0.5, 0.6) is 5.75 Å². The van der Waals surface area contributed by atoms with E-state index in [0.29, 0.717) is 11.1 Å². The SMILES string of the molecule is O=c1cc(-c2ccccc2)oc2cc(OP(=O)(O)O)ccc12. The van der Waals surface area contributed by atoms with Gasteiger partial charge in [0.2, 0.25) is 0 Å². The zero-order valence-electron chi connectivity index (χ0n) is 11.2. The standard InChI is InChI=1S/C15H11O6P/c16-13-9-14(10-4-2-1-3-5-10)20-15-8-11(6-7-12(13)15)21-22(17,18)19/h1-9H,(H2,17,18,19). The molecule has 2 N–H and O–H groups in total. The van der Waals surface area contributed by atoms with Crippen LogP contribution in [0.2, 0.25) is 0 Å². The van der Waals surface area contributed by atoms with E-state index in [-0.39, 0.29) is 16.8 Å². The van der Waals surface area contributed by atoms with Gasteiger partial charge in [0.15, 0.2) is 5.43 Å². The summed E-state index contributed by atoms with van der Waals surface area (Å²) < 4.78 is 21.0. The van der Waals surface area contributed by atoms with Crippen molar-refractivity contribution >= 4 is 18.8 Å². The second kappa shape index (κ2) is 5.42. The van der Waals surface area contributed by atoms with Crippen LogP contribution in [0.4, 0.5) is 0 Å². The van der Waals surface area contributed by atoms with Crippen LogP contribution in [-0.2, 0) is 4.57 Å².